The Morgan fingerprint density at radius 2 is 1.97 bits per heavy atom. The Labute approximate surface area is 218 Å². The number of pyridine rings is 1. The molecule has 0 saturated carbocycles. The lowest BCUT2D eigenvalue weighted by Gasteiger charge is -2.31. The molecule has 1 amide bonds. The molecule has 0 spiro atoms. The summed E-state index contributed by atoms with van der Waals surface area (Å²) >= 11 is 0. The van der Waals surface area contributed by atoms with Gasteiger partial charge in [-0.3, -0.25) is 4.68 Å². The number of fused-ring (bicyclic) bond motifs is 1. The summed E-state index contributed by atoms with van der Waals surface area (Å²) in [5.74, 6) is -0.497. The Morgan fingerprint density at radius 3 is 2.71 bits per heavy atom. The van der Waals surface area contributed by atoms with Crippen LogP contribution in [0.25, 0.3) is 22.2 Å². The number of hydrogen-bond acceptors (Lipinski definition) is 6. The first-order valence-corrected chi connectivity index (χ1v) is 13.6. The van der Waals surface area contributed by atoms with Crippen molar-refractivity contribution >= 4 is 32.8 Å². The van der Waals surface area contributed by atoms with Gasteiger partial charge in [0.15, 0.2) is 0 Å². The Morgan fingerprint density at radius 1 is 1.21 bits per heavy atom. The van der Waals surface area contributed by atoms with Crippen LogP contribution in [-0.2, 0) is 16.6 Å². The first-order valence-electron chi connectivity index (χ1n) is 12.1. The van der Waals surface area contributed by atoms with E-state index in [1.54, 1.807) is 37.4 Å². The number of sulfonamides is 1. The summed E-state index contributed by atoms with van der Waals surface area (Å²) in [6, 6.07) is 12.7. The van der Waals surface area contributed by atoms with E-state index in [0.717, 1.165) is 30.0 Å². The summed E-state index contributed by atoms with van der Waals surface area (Å²) in [4.78, 5) is 16.8. The van der Waals surface area contributed by atoms with Crippen LogP contribution in [-0.4, -0.2) is 52.4 Å². The van der Waals surface area contributed by atoms with Gasteiger partial charge in [-0.15, -0.1) is 0 Å². The van der Waals surface area contributed by atoms with Gasteiger partial charge < -0.3 is 15.7 Å². The number of rotatable bonds is 6. The molecule has 0 aliphatic carbocycles. The third kappa shape index (κ3) is 4.92. The summed E-state index contributed by atoms with van der Waals surface area (Å²) < 4.78 is 43.7. The summed E-state index contributed by atoms with van der Waals surface area (Å²) in [7, 11) is -4.04. The molecule has 0 bridgehead atoms. The van der Waals surface area contributed by atoms with Crippen molar-refractivity contribution in [2.75, 3.05) is 18.8 Å². The number of nitrogens with two attached hydrogens (primary N) is 1. The number of aromatic nitrogens is 3. The Hall–Kier alpha value is -4.03. The lowest BCUT2D eigenvalue weighted by Crippen LogP contribution is -2.40. The Kier molecular flexibility index (Phi) is 6.76. The SMILES string of the molecule is Cc1ccc(F)c(S(=O)(=O)NCc2ccc(-c3nn([C@@H]4CCCN(C(=O)O)C4)c4ccnc(N)c34)cc2)c1. The van der Waals surface area contributed by atoms with Crippen LogP contribution in [0.2, 0.25) is 0 Å². The van der Waals surface area contributed by atoms with Gasteiger partial charge in [-0.2, -0.15) is 5.10 Å². The first-order chi connectivity index (χ1) is 18.1. The second-order valence-corrected chi connectivity index (χ2v) is 11.1. The van der Waals surface area contributed by atoms with Crippen LogP contribution in [0.1, 0.15) is 30.0 Å². The number of halogens is 1. The van der Waals surface area contributed by atoms with Gasteiger partial charge in [0.25, 0.3) is 0 Å². The second kappa shape index (κ2) is 10.0. The molecule has 12 heteroatoms. The van der Waals surface area contributed by atoms with Crippen molar-refractivity contribution in [3.05, 3.63) is 71.7 Å². The molecule has 1 saturated heterocycles. The van der Waals surface area contributed by atoms with Crippen molar-refractivity contribution in [1.29, 1.82) is 0 Å². The van der Waals surface area contributed by atoms with Gasteiger partial charge >= 0.3 is 6.09 Å². The molecule has 1 aliphatic rings. The van der Waals surface area contributed by atoms with E-state index < -0.39 is 26.8 Å². The lowest BCUT2D eigenvalue weighted by atomic mass is 10.1. The molecule has 1 fully saturated rings. The number of amides is 1. The average molecular weight is 539 g/mol. The first kappa shape index (κ1) is 25.6. The van der Waals surface area contributed by atoms with E-state index in [9.17, 15) is 22.7 Å². The molecule has 2 aromatic heterocycles. The number of hydrogen-bond donors (Lipinski definition) is 3. The lowest BCUT2D eigenvalue weighted by molar-refractivity contribution is 0.120. The quantitative estimate of drug-likeness (QED) is 0.338. The zero-order chi connectivity index (χ0) is 27.0. The summed E-state index contributed by atoms with van der Waals surface area (Å²) in [5, 5.41) is 15.0. The molecule has 0 unspecified atom stereocenters. The van der Waals surface area contributed by atoms with Crippen molar-refractivity contribution in [2.24, 2.45) is 0 Å². The number of likely N-dealkylation sites (tertiary alicyclic amines) is 1. The highest BCUT2D eigenvalue weighted by atomic mass is 32.2. The fourth-order valence-corrected chi connectivity index (χ4v) is 5.95. The smallest absolute Gasteiger partial charge is 0.407 e. The van der Waals surface area contributed by atoms with E-state index in [2.05, 4.69) is 9.71 Å². The highest BCUT2D eigenvalue weighted by Gasteiger charge is 2.28. The number of nitrogens with zero attached hydrogens (tertiary/aromatic N) is 4. The van der Waals surface area contributed by atoms with Gasteiger partial charge in [0.1, 0.15) is 22.2 Å². The topological polar surface area (TPSA) is 143 Å². The molecule has 5 rings (SSSR count). The van der Waals surface area contributed by atoms with E-state index in [1.807, 2.05) is 10.7 Å². The Balaban J connectivity index is 1.41. The normalized spacial score (nSPS) is 16.2. The Bertz CT molecular complexity index is 1620. The van der Waals surface area contributed by atoms with Gasteiger partial charge in [-0.1, -0.05) is 30.3 Å². The zero-order valence-electron chi connectivity index (χ0n) is 20.6. The van der Waals surface area contributed by atoms with Crippen molar-refractivity contribution in [2.45, 2.75) is 37.2 Å². The number of anilines is 1. The van der Waals surface area contributed by atoms with E-state index in [0.29, 0.717) is 41.1 Å². The molecule has 10 nitrogen and oxygen atoms in total. The maximum absolute atomic E-state index is 14.1. The van der Waals surface area contributed by atoms with E-state index in [1.165, 1.54) is 17.0 Å². The van der Waals surface area contributed by atoms with Crippen LogP contribution in [0, 0.1) is 12.7 Å². The minimum atomic E-state index is -4.04. The number of piperidine rings is 1. The molecule has 1 aliphatic heterocycles. The second-order valence-electron chi connectivity index (χ2n) is 9.36. The molecule has 3 heterocycles. The minimum Gasteiger partial charge on any atom is -0.465 e. The van der Waals surface area contributed by atoms with Crippen molar-refractivity contribution in [3.63, 3.8) is 0 Å². The molecule has 198 valence electrons. The third-order valence-electron chi connectivity index (χ3n) is 6.73. The van der Waals surface area contributed by atoms with Gasteiger partial charge in [0.2, 0.25) is 10.0 Å². The minimum absolute atomic E-state index is 0.0258. The fraction of sp³-hybridized carbons (Fsp3) is 0.269. The van der Waals surface area contributed by atoms with Crippen LogP contribution < -0.4 is 10.5 Å². The fourth-order valence-electron chi connectivity index (χ4n) is 4.77. The highest BCUT2D eigenvalue weighted by Crippen LogP contribution is 2.34. The van der Waals surface area contributed by atoms with E-state index in [-0.39, 0.29) is 12.6 Å². The predicted molar refractivity (Wildman–Crippen MR) is 140 cm³/mol. The summed E-state index contributed by atoms with van der Waals surface area (Å²) in [6.07, 6.45) is 2.15. The molecule has 1 atom stereocenters. The van der Waals surface area contributed by atoms with Gasteiger partial charge in [0.05, 0.1) is 16.9 Å². The van der Waals surface area contributed by atoms with E-state index in [4.69, 9.17) is 10.8 Å². The van der Waals surface area contributed by atoms with Gasteiger partial charge in [-0.25, -0.2) is 27.3 Å². The number of nitrogens with one attached hydrogen (secondary N) is 1. The van der Waals surface area contributed by atoms with Crippen molar-refractivity contribution in [3.8, 4) is 11.3 Å². The molecule has 4 aromatic rings. The maximum atomic E-state index is 14.1. The average Bonchev–Trinajstić information content (AvgIpc) is 3.30. The highest BCUT2D eigenvalue weighted by molar-refractivity contribution is 7.89. The number of aryl methyl sites for hydroxylation is 1. The van der Waals surface area contributed by atoms with E-state index >= 15 is 0 Å². The van der Waals surface area contributed by atoms with Crippen LogP contribution in [0.3, 0.4) is 0 Å². The number of nitrogen functional groups attached to an aromatic ring is 1. The monoisotopic (exact) mass is 538 g/mol. The van der Waals surface area contributed by atoms with Gasteiger partial charge in [-0.05, 0) is 49.1 Å². The number of carbonyl (C=O) groups is 1. The van der Waals surface area contributed by atoms with Crippen molar-refractivity contribution < 1.29 is 22.7 Å². The molecule has 38 heavy (non-hydrogen) atoms. The maximum Gasteiger partial charge on any atom is 0.407 e. The number of carboxylic acid groups (broad SMARTS) is 1. The molecular weight excluding hydrogens is 511 g/mol. The molecular formula is C26H27FN6O4S. The summed E-state index contributed by atoms with van der Waals surface area (Å²) in [6.45, 7) is 2.49. The van der Waals surface area contributed by atoms with Crippen LogP contribution in [0.5, 0.6) is 0 Å². The van der Waals surface area contributed by atoms with Crippen LogP contribution in [0.15, 0.2) is 59.6 Å². The number of benzene rings is 2. The van der Waals surface area contributed by atoms with Crippen LogP contribution >= 0.6 is 0 Å². The van der Waals surface area contributed by atoms with Crippen molar-refractivity contribution in [1.82, 2.24) is 24.4 Å². The summed E-state index contributed by atoms with van der Waals surface area (Å²) in [5.41, 5.74) is 9.67. The molecule has 4 N–H and O–H groups in total. The van der Waals surface area contributed by atoms with Crippen LogP contribution in [0.4, 0.5) is 15.0 Å². The predicted octanol–water partition coefficient (Wildman–Crippen LogP) is 3.92. The largest absolute Gasteiger partial charge is 0.465 e. The molecule has 0 radical (unpaired) electrons. The third-order valence-corrected chi connectivity index (χ3v) is 8.15. The van der Waals surface area contributed by atoms with Gasteiger partial charge in [0, 0.05) is 31.4 Å². The molecule has 2 aromatic carbocycles. The standard InChI is InChI=1S/C26H27FN6O4S/c1-16-4-9-20(27)22(13-16)38(36,37)30-14-17-5-7-18(8-6-17)24-23-21(10-11-29-25(23)28)33(31-24)19-3-2-12-32(15-19)26(34)35/h4-11,13,19,30H,2-3,12,14-15H2,1H3,(H2,28,29)(H,34,35)/t19-/m1/s1. The zero-order valence-corrected chi connectivity index (χ0v) is 21.4.